The van der Waals surface area contributed by atoms with Crippen molar-refractivity contribution in [3.63, 3.8) is 0 Å². The summed E-state index contributed by atoms with van der Waals surface area (Å²) in [6, 6.07) is 18.5. The molecule has 0 aliphatic carbocycles. The Labute approximate surface area is 162 Å². The zero-order valence-corrected chi connectivity index (χ0v) is 15.0. The average molecular weight is 377 g/mol. The Hall–Kier alpha value is -3.74. The molecule has 1 atom stereocenters. The Morgan fingerprint density at radius 1 is 1.04 bits per heavy atom. The Morgan fingerprint density at radius 3 is 2.39 bits per heavy atom. The molecule has 0 aliphatic heterocycles. The highest BCUT2D eigenvalue weighted by Gasteiger charge is 2.24. The molecule has 3 rings (SSSR count). The Kier molecular flexibility index (Phi) is 6.30. The van der Waals surface area contributed by atoms with Crippen LogP contribution in [0.1, 0.15) is 21.7 Å². The third kappa shape index (κ3) is 5.14. The van der Waals surface area contributed by atoms with Gasteiger partial charge in [-0.2, -0.15) is 0 Å². The minimum absolute atomic E-state index is 0.0590. The molecule has 1 N–H and O–H groups in total. The van der Waals surface area contributed by atoms with Crippen molar-refractivity contribution < 1.29 is 19.1 Å². The number of carbonyl (C=O) groups excluding carboxylic acids is 2. The average Bonchev–Trinajstić information content (AvgIpc) is 2.74. The van der Waals surface area contributed by atoms with E-state index in [-0.39, 0.29) is 24.8 Å². The van der Waals surface area contributed by atoms with Crippen molar-refractivity contribution in [2.45, 2.75) is 19.1 Å². The number of nitrogens with one attached hydrogen (secondary N) is 1. The number of benzene rings is 2. The summed E-state index contributed by atoms with van der Waals surface area (Å²) in [5.74, 6) is -0.960. The molecule has 0 radical (unpaired) electrons. The maximum atomic E-state index is 12.6. The normalized spacial score (nSPS) is 11.4. The minimum atomic E-state index is -0.904. The molecule has 0 saturated carbocycles. The first kappa shape index (κ1) is 19.0. The number of nitrogens with zero attached hydrogens (tertiary/aromatic N) is 2. The smallest absolute Gasteiger partial charge is 0.339 e. The zero-order valence-electron chi connectivity index (χ0n) is 15.0. The van der Waals surface area contributed by atoms with Crippen LogP contribution in [0.3, 0.4) is 0 Å². The van der Waals surface area contributed by atoms with Crippen LogP contribution in [0.25, 0.3) is 0 Å². The predicted molar refractivity (Wildman–Crippen MR) is 101 cm³/mol. The number of rotatable bonds is 7. The molecule has 0 aliphatic rings. The van der Waals surface area contributed by atoms with E-state index in [1.165, 1.54) is 18.5 Å². The van der Waals surface area contributed by atoms with Gasteiger partial charge >= 0.3 is 11.8 Å². The van der Waals surface area contributed by atoms with Gasteiger partial charge in [0.05, 0.1) is 6.20 Å². The first-order valence-corrected chi connectivity index (χ1v) is 8.73. The van der Waals surface area contributed by atoms with Crippen molar-refractivity contribution in [1.29, 1.82) is 0 Å². The summed E-state index contributed by atoms with van der Waals surface area (Å²) in [6.07, 6.45) is 2.98. The third-order valence-electron chi connectivity index (χ3n) is 4.04. The fraction of sp³-hybridized carbons (Fsp3) is 0.143. The molecular formula is C21H19N3O4. The van der Waals surface area contributed by atoms with E-state index in [0.29, 0.717) is 10.3 Å². The molecule has 142 valence electrons. The summed E-state index contributed by atoms with van der Waals surface area (Å²) >= 11 is 0. The van der Waals surface area contributed by atoms with Gasteiger partial charge in [0.2, 0.25) is 0 Å². The van der Waals surface area contributed by atoms with Gasteiger partial charge < -0.3 is 15.3 Å². The van der Waals surface area contributed by atoms with Gasteiger partial charge in [0.15, 0.2) is 6.61 Å². The number of esters is 1. The quantitative estimate of drug-likeness (QED) is 0.385. The van der Waals surface area contributed by atoms with Crippen molar-refractivity contribution in [1.82, 2.24) is 10.3 Å². The highest BCUT2D eigenvalue weighted by atomic mass is 16.5. The number of aromatic nitrogens is 2. The number of amides is 1. The summed E-state index contributed by atoms with van der Waals surface area (Å²) in [5.41, 5.74) is 1.31. The van der Waals surface area contributed by atoms with Gasteiger partial charge in [-0.15, -0.1) is 0 Å². The zero-order chi connectivity index (χ0) is 19.8. The van der Waals surface area contributed by atoms with E-state index in [4.69, 9.17) is 4.74 Å². The van der Waals surface area contributed by atoms with Crippen molar-refractivity contribution in [2.24, 2.45) is 0 Å². The fourth-order valence-electron chi connectivity index (χ4n) is 2.60. The highest BCUT2D eigenvalue weighted by Crippen LogP contribution is 2.07. The molecule has 3 aromatic rings. The molecule has 0 saturated heterocycles. The molecule has 28 heavy (non-hydrogen) atoms. The molecule has 0 fully saturated rings. The van der Waals surface area contributed by atoms with E-state index in [2.05, 4.69) is 10.3 Å². The van der Waals surface area contributed by atoms with E-state index in [1.54, 1.807) is 30.3 Å². The van der Waals surface area contributed by atoms with E-state index in [9.17, 15) is 14.8 Å². The lowest BCUT2D eigenvalue weighted by Gasteiger charge is -2.18. The number of hydrogen-bond donors (Lipinski definition) is 1. The third-order valence-corrected chi connectivity index (χ3v) is 4.04. The Morgan fingerprint density at radius 2 is 1.71 bits per heavy atom. The summed E-state index contributed by atoms with van der Waals surface area (Å²) in [5, 5.41) is 14.4. The number of hydrogen-bond acceptors (Lipinski definition) is 5. The van der Waals surface area contributed by atoms with Crippen LogP contribution in [0.4, 0.5) is 0 Å². The monoisotopic (exact) mass is 377 g/mol. The van der Waals surface area contributed by atoms with Crippen LogP contribution in [0.5, 0.6) is 0 Å². The maximum absolute atomic E-state index is 12.6. The number of carbonyl (C=O) groups is 2. The standard InChI is InChI=1S/C21H19N3O4/c25-20(17-10-5-2-6-11-17)23-18(14-16-8-3-1-4-9-16)21(26)28-15-19-22-12-7-13-24(19)27/h1-13,18H,14-15H2,(H,23,25). The van der Waals surface area contributed by atoms with Gasteiger partial charge in [-0.1, -0.05) is 48.5 Å². The van der Waals surface area contributed by atoms with E-state index in [0.717, 1.165) is 5.56 Å². The van der Waals surface area contributed by atoms with Gasteiger partial charge in [0.25, 0.3) is 5.91 Å². The van der Waals surface area contributed by atoms with Crippen molar-refractivity contribution in [2.75, 3.05) is 0 Å². The molecule has 0 bridgehead atoms. The van der Waals surface area contributed by atoms with Crippen LogP contribution < -0.4 is 10.0 Å². The van der Waals surface area contributed by atoms with Gasteiger partial charge in [0.1, 0.15) is 12.2 Å². The Balaban J connectivity index is 1.72. The molecule has 7 nitrogen and oxygen atoms in total. The first-order chi connectivity index (χ1) is 13.6. The summed E-state index contributed by atoms with van der Waals surface area (Å²) in [7, 11) is 0. The lowest BCUT2D eigenvalue weighted by molar-refractivity contribution is -0.620. The summed E-state index contributed by atoms with van der Waals surface area (Å²) < 4.78 is 5.77. The first-order valence-electron chi connectivity index (χ1n) is 8.73. The van der Waals surface area contributed by atoms with Crippen LogP contribution in [0, 0.1) is 5.21 Å². The van der Waals surface area contributed by atoms with Crippen LogP contribution in [-0.4, -0.2) is 22.9 Å². The van der Waals surface area contributed by atoms with Crippen molar-refractivity contribution in [3.05, 3.63) is 101 Å². The van der Waals surface area contributed by atoms with Gasteiger partial charge in [-0.3, -0.25) is 4.79 Å². The highest BCUT2D eigenvalue weighted by molar-refractivity contribution is 5.96. The van der Waals surface area contributed by atoms with E-state index >= 15 is 0 Å². The second kappa shape index (κ2) is 9.27. The lowest BCUT2D eigenvalue weighted by atomic mass is 10.1. The Bertz CT molecular complexity index is 933. The van der Waals surface area contributed by atoms with Gasteiger partial charge in [-0.25, -0.2) is 9.52 Å². The second-order valence-corrected chi connectivity index (χ2v) is 6.05. The van der Waals surface area contributed by atoms with Gasteiger partial charge in [-0.05, 0) is 22.7 Å². The van der Waals surface area contributed by atoms with Crippen LogP contribution in [0.15, 0.2) is 79.1 Å². The molecular weight excluding hydrogens is 358 g/mol. The van der Waals surface area contributed by atoms with E-state index < -0.39 is 12.0 Å². The maximum Gasteiger partial charge on any atom is 0.339 e. The summed E-state index contributed by atoms with van der Waals surface area (Å²) in [6.45, 7) is -0.282. The molecule has 2 aromatic carbocycles. The summed E-state index contributed by atoms with van der Waals surface area (Å²) in [4.78, 5) is 29.0. The van der Waals surface area contributed by atoms with Gasteiger partial charge in [0, 0.05) is 18.1 Å². The second-order valence-electron chi connectivity index (χ2n) is 6.05. The lowest BCUT2D eigenvalue weighted by Crippen LogP contribution is -2.44. The SMILES string of the molecule is O=C(NC(Cc1ccccc1)C(=O)OCc1nccc[n+]1[O-])c1ccccc1. The molecule has 1 heterocycles. The fourth-order valence-corrected chi connectivity index (χ4v) is 2.60. The van der Waals surface area contributed by atoms with Crippen LogP contribution in [-0.2, 0) is 22.6 Å². The van der Waals surface area contributed by atoms with E-state index in [1.807, 2.05) is 30.3 Å². The predicted octanol–water partition coefficient (Wildman–Crippen LogP) is 1.80. The topological polar surface area (TPSA) is 95.2 Å². The van der Waals surface area contributed by atoms with Crippen molar-refractivity contribution >= 4 is 11.9 Å². The molecule has 1 aromatic heterocycles. The van der Waals surface area contributed by atoms with Crippen LogP contribution >= 0.6 is 0 Å². The minimum Gasteiger partial charge on any atom is -0.711 e. The molecule has 1 amide bonds. The molecule has 7 heteroatoms. The molecule has 0 spiro atoms. The molecule has 1 unspecified atom stereocenters. The van der Waals surface area contributed by atoms with Crippen molar-refractivity contribution in [3.8, 4) is 0 Å². The van der Waals surface area contributed by atoms with Crippen LogP contribution in [0.2, 0.25) is 0 Å². The largest absolute Gasteiger partial charge is 0.711 e. The number of ether oxygens (including phenoxy) is 1.